The number of hydrogen-bond donors (Lipinski definition) is 2. The average molecular weight is 254 g/mol. The first-order chi connectivity index (χ1) is 8.88. The highest BCUT2D eigenvalue weighted by atomic mass is 16.5. The second kappa shape index (κ2) is 7.33. The van der Waals surface area contributed by atoms with Gasteiger partial charge in [0, 0.05) is 19.8 Å². The molecule has 2 N–H and O–H groups in total. The van der Waals surface area contributed by atoms with Gasteiger partial charge in [-0.1, -0.05) is 12.0 Å². The zero-order valence-corrected chi connectivity index (χ0v) is 10.9. The van der Waals surface area contributed by atoms with Crippen LogP contribution in [-0.2, 0) is 11.3 Å². The summed E-state index contributed by atoms with van der Waals surface area (Å²) in [6.07, 6.45) is 3.35. The number of ether oxygens (including phenoxy) is 1. The molecule has 0 amide bonds. The maximum Gasteiger partial charge on any atom is 0.315 e. The lowest BCUT2D eigenvalue weighted by atomic mass is 10.1. The molecule has 6 nitrogen and oxygen atoms in total. The summed E-state index contributed by atoms with van der Waals surface area (Å²) in [5.41, 5.74) is 0. The Hall–Kier alpha value is -1.14. The molecule has 6 heteroatoms. The average Bonchev–Trinajstić information content (AvgIpc) is 3.01. The molecule has 18 heavy (non-hydrogen) atoms. The van der Waals surface area contributed by atoms with Gasteiger partial charge in [-0.3, -0.25) is 0 Å². The molecule has 1 unspecified atom stereocenters. The molecule has 0 radical (unpaired) electrons. The lowest BCUT2D eigenvalue weighted by molar-refractivity contribution is 0.185. The van der Waals surface area contributed by atoms with Crippen molar-refractivity contribution in [2.75, 3.05) is 31.6 Å². The van der Waals surface area contributed by atoms with E-state index in [0.717, 1.165) is 45.6 Å². The topological polar surface area (TPSA) is 72.2 Å². The Morgan fingerprint density at radius 1 is 1.33 bits per heavy atom. The van der Waals surface area contributed by atoms with E-state index >= 15 is 0 Å². The highest BCUT2D eigenvalue weighted by Crippen LogP contribution is 2.16. The van der Waals surface area contributed by atoms with Crippen LogP contribution >= 0.6 is 0 Å². The third kappa shape index (κ3) is 4.27. The second-order valence-corrected chi connectivity index (χ2v) is 4.62. The quantitative estimate of drug-likeness (QED) is 0.683. The van der Waals surface area contributed by atoms with E-state index in [1.165, 1.54) is 0 Å². The van der Waals surface area contributed by atoms with E-state index < -0.39 is 0 Å². The standard InChI is InChI=1S/C12H22N4O2/c1-2-5-13-8-11-15-16-12(18-11)14-6-3-10-4-7-17-9-10/h10,13H,2-9H2,1H3,(H,14,16). The Morgan fingerprint density at radius 2 is 2.28 bits per heavy atom. The van der Waals surface area contributed by atoms with E-state index in [-0.39, 0.29) is 0 Å². The Labute approximate surface area is 107 Å². The van der Waals surface area contributed by atoms with Crippen molar-refractivity contribution in [3.8, 4) is 0 Å². The summed E-state index contributed by atoms with van der Waals surface area (Å²) in [5, 5.41) is 14.3. The van der Waals surface area contributed by atoms with Gasteiger partial charge in [0.1, 0.15) is 0 Å². The zero-order chi connectivity index (χ0) is 12.6. The smallest absolute Gasteiger partial charge is 0.315 e. The van der Waals surface area contributed by atoms with Gasteiger partial charge >= 0.3 is 6.01 Å². The van der Waals surface area contributed by atoms with Crippen LogP contribution in [0.15, 0.2) is 4.42 Å². The van der Waals surface area contributed by atoms with Crippen LogP contribution in [0.2, 0.25) is 0 Å². The van der Waals surface area contributed by atoms with E-state index in [0.29, 0.717) is 24.4 Å². The van der Waals surface area contributed by atoms with Gasteiger partial charge in [0.25, 0.3) is 0 Å². The van der Waals surface area contributed by atoms with Gasteiger partial charge in [0.15, 0.2) is 0 Å². The summed E-state index contributed by atoms with van der Waals surface area (Å²) in [7, 11) is 0. The fraction of sp³-hybridized carbons (Fsp3) is 0.833. The van der Waals surface area contributed by atoms with E-state index in [9.17, 15) is 0 Å². The van der Waals surface area contributed by atoms with Crippen LogP contribution in [0, 0.1) is 5.92 Å². The van der Waals surface area contributed by atoms with Crippen molar-refractivity contribution < 1.29 is 9.15 Å². The predicted molar refractivity (Wildman–Crippen MR) is 68.3 cm³/mol. The SMILES string of the molecule is CCCNCc1nnc(NCCC2CCOC2)o1. The molecule has 0 aromatic carbocycles. The van der Waals surface area contributed by atoms with E-state index in [2.05, 4.69) is 27.8 Å². The van der Waals surface area contributed by atoms with E-state index in [1.54, 1.807) is 0 Å². The van der Waals surface area contributed by atoms with Crippen molar-refractivity contribution in [2.45, 2.75) is 32.7 Å². The monoisotopic (exact) mass is 254 g/mol. The molecule has 1 saturated heterocycles. The molecular weight excluding hydrogens is 232 g/mol. The highest BCUT2D eigenvalue weighted by molar-refractivity contribution is 5.16. The maximum atomic E-state index is 5.47. The van der Waals surface area contributed by atoms with Crippen LogP contribution in [-0.4, -0.2) is 36.5 Å². The molecular formula is C12H22N4O2. The summed E-state index contributed by atoms with van der Waals surface area (Å²) in [6.45, 7) is 6.38. The van der Waals surface area contributed by atoms with E-state index in [1.807, 2.05) is 0 Å². The van der Waals surface area contributed by atoms with Crippen molar-refractivity contribution in [3.05, 3.63) is 5.89 Å². The number of nitrogens with zero attached hydrogens (tertiary/aromatic N) is 2. The van der Waals surface area contributed by atoms with Crippen LogP contribution in [0.25, 0.3) is 0 Å². The van der Waals surface area contributed by atoms with Crippen LogP contribution < -0.4 is 10.6 Å². The summed E-state index contributed by atoms with van der Waals surface area (Å²) in [4.78, 5) is 0. The maximum absolute atomic E-state index is 5.47. The van der Waals surface area contributed by atoms with Crippen molar-refractivity contribution in [2.24, 2.45) is 5.92 Å². The first-order valence-corrected chi connectivity index (χ1v) is 6.73. The number of rotatable bonds is 8. The number of hydrogen-bond acceptors (Lipinski definition) is 6. The fourth-order valence-corrected chi connectivity index (χ4v) is 1.96. The molecule has 1 aromatic heterocycles. The molecule has 1 aromatic rings. The van der Waals surface area contributed by atoms with Gasteiger partial charge in [0.05, 0.1) is 6.54 Å². The summed E-state index contributed by atoms with van der Waals surface area (Å²) < 4.78 is 10.8. The molecule has 1 aliphatic rings. The second-order valence-electron chi connectivity index (χ2n) is 4.62. The zero-order valence-electron chi connectivity index (χ0n) is 10.9. The van der Waals surface area contributed by atoms with Gasteiger partial charge < -0.3 is 19.8 Å². The van der Waals surface area contributed by atoms with Gasteiger partial charge in [0.2, 0.25) is 5.89 Å². The molecule has 1 aliphatic heterocycles. The minimum atomic E-state index is 0.516. The summed E-state index contributed by atoms with van der Waals surface area (Å²) >= 11 is 0. The Kier molecular flexibility index (Phi) is 5.41. The van der Waals surface area contributed by atoms with E-state index in [4.69, 9.17) is 9.15 Å². The largest absolute Gasteiger partial charge is 0.407 e. The normalized spacial score (nSPS) is 19.3. The van der Waals surface area contributed by atoms with Crippen molar-refractivity contribution >= 4 is 6.01 Å². The Morgan fingerprint density at radius 3 is 3.06 bits per heavy atom. The third-order valence-corrected chi connectivity index (χ3v) is 3.02. The lowest BCUT2D eigenvalue weighted by Crippen LogP contribution is -2.13. The number of aromatic nitrogens is 2. The van der Waals surface area contributed by atoms with Crippen molar-refractivity contribution in [1.29, 1.82) is 0 Å². The Bertz CT molecular complexity index is 337. The van der Waals surface area contributed by atoms with Crippen molar-refractivity contribution in [1.82, 2.24) is 15.5 Å². The molecule has 2 heterocycles. The molecule has 1 atom stereocenters. The number of anilines is 1. The third-order valence-electron chi connectivity index (χ3n) is 3.02. The van der Waals surface area contributed by atoms with Gasteiger partial charge in [-0.15, -0.1) is 5.10 Å². The Balaban J connectivity index is 1.63. The van der Waals surface area contributed by atoms with Crippen LogP contribution in [0.3, 0.4) is 0 Å². The minimum absolute atomic E-state index is 0.516. The molecule has 0 saturated carbocycles. The fourth-order valence-electron chi connectivity index (χ4n) is 1.96. The molecule has 2 rings (SSSR count). The summed E-state index contributed by atoms with van der Waals surface area (Å²) in [5.74, 6) is 1.31. The minimum Gasteiger partial charge on any atom is -0.407 e. The first-order valence-electron chi connectivity index (χ1n) is 6.73. The van der Waals surface area contributed by atoms with Crippen LogP contribution in [0.4, 0.5) is 6.01 Å². The van der Waals surface area contributed by atoms with Crippen LogP contribution in [0.5, 0.6) is 0 Å². The molecule has 1 fully saturated rings. The predicted octanol–water partition coefficient (Wildman–Crippen LogP) is 1.41. The van der Waals surface area contributed by atoms with Gasteiger partial charge in [-0.05, 0) is 31.7 Å². The number of nitrogens with one attached hydrogen (secondary N) is 2. The summed E-state index contributed by atoms with van der Waals surface area (Å²) in [6, 6.07) is 0.516. The lowest BCUT2D eigenvalue weighted by Gasteiger charge is -2.06. The van der Waals surface area contributed by atoms with Crippen molar-refractivity contribution in [3.63, 3.8) is 0 Å². The molecule has 0 aliphatic carbocycles. The molecule has 102 valence electrons. The van der Waals surface area contributed by atoms with Crippen LogP contribution in [0.1, 0.15) is 32.1 Å². The van der Waals surface area contributed by atoms with Gasteiger partial charge in [-0.25, -0.2) is 0 Å². The molecule has 0 spiro atoms. The first kappa shape index (κ1) is 13.3. The highest BCUT2D eigenvalue weighted by Gasteiger charge is 2.15. The van der Waals surface area contributed by atoms with Gasteiger partial charge in [-0.2, -0.15) is 0 Å². The molecule has 0 bridgehead atoms.